The van der Waals surface area contributed by atoms with Crippen molar-refractivity contribution in [1.82, 2.24) is 10.2 Å². The Kier molecular flexibility index (Phi) is 5.27. The van der Waals surface area contributed by atoms with E-state index < -0.39 is 5.60 Å². The molecule has 0 saturated carbocycles. The van der Waals surface area contributed by atoms with Gasteiger partial charge in [0, 0.05) is 18.5 Å². The maximum Gasteiger partial charge on any atom is 0.410 e. The zero-order chi connectivity index (χ0) is 15.8. The summed E-state index contributed by atoms with van der Waals surface area (Å²) < 4.78 is 5.60. The van der Waals surface area contributed by atoms with Crippen LogP contribution in [0.3, 0.4) is 0 Å². The van der Waals surface area contributed by atoms with Crippen molar-refractivity contribution in [3.63, 3.8) is 0 Å². The Bertz CT molecular complexity index is 562. The van der Waals surface area contributed by atoms with Crippen LogP contribution in [0.2, 0.25) is 0 Å². The van der Waals surface area contributed by atoms with Crippen LogP contribution in [0.15, 0.2) is 24.3 Å². The maximum absolute atomic E-state index is 12.5. The van der Waals surface area contributed by atoms with E-state index in [9.17, 15) is 4.79 Å². The van der Waals surface area contributed by atoms with E-state index in [4.69, 9.17) is 4.74 Å². The largest absolute Gasteiger partial charge is 0.444 e. The highest BCUT2D eigenvalue weighted by atomic mass is 35.5. The first-order valence-electron chi connectivity index (χ1n) is 8.17. The molecule has 2 heterocycles. The van der Waals surface area contributed by atoms with E-state index in [0.717, 1.165) is 32.5 Å². The second-order valence-electron chi connectivity index (χ2n) is 7.52. The molecule has 3 rings (SSSR count). The Balaban J connectivity index is 0.00000192. The lowest BCUT2D eigenvalue weighted by Crippen LogP contribution is -2.53. The van der Waals surface area contributed by atoms with Crippen LogP contribution >= 0.6 is 12.4 Å². The van der Waals surface area contributed by atoms with Gasteiger partial charge in [0.2, 0.25) is 0 Å². The molecule has 0 radical (unpaired) electrons. The minimum Gasteiger partial charge on any atom is -0.444 e. The molecule has 1 amide bonds. The van der Waals surface area contributed by atoms with Crippen molar-refractivity contribution < 1.29 is 9.53 Å². The predicted molar refractivity (Wildman–Crippen MR) is 94.1 cm³/mol. The summed E-state index contributed by atoms with van der Waals surface area (Å²) in [4.78, 5) is 14.4. The summed E-state index contributed by atoms with van der Waals surface area (Å²) in [6.07, 6.45) is 1.95. The summed E-state index contributed by atoms with van der Waals surface area (Å²) >= 11 is 0. The molecular weight excluding hydrogens is 312 g/mol. The fourth-order valence-corrected chi connectivity index (χ4v) is 3.68. The molecule has 0 aliphatic carbocycles. The quantitative estimate of drug-likeness (QED) is 0.787. The number of rotatable bonds is 0. The number of carbonyl (C=O) groups excluding carboxylic acids is 1. The number of amides is 1. The lowest BCUT2D eigenvalue weighted by Gasteiger charge is -2.46. The number of hydrogen-bond acceptors (Lipinski definition) is 3. The minimum absolute atomic E-state index is 0. The van der Waals surface area contributed by atoms with Gasteiger partial charge in [-0.2, -0.15) is 0 Å². The molecule has 1 aromatic rings. The highest BCUT2D eigenvalue weighted by Crippen LogP contribution is 2.40. The summed E-state index contributed by atoms with van der Waals surface area (Å²) in [5.74, 6) is 0. The van der Waals surface area contributed by atoms with Crippen molar-refractivity contribution in [2.45, 2.75) is 51.2 Å². The standard InChI is InChI=1S/C18H26N2O2.ClH/c1-17(2,3)22-16(21)20-12-14-6-4-5-7-15(14)18(13-20)8-10-19-11-9-18;/h4-7,19H,8-13H2,1-3H3;1H. The number of piperidine rings is 1. The number of ether oxygens (including phenoxy) is 1. The number of halogens is 1. The summed E-state index contributed by atoms with van der Waals surface area (Å²) in [5.41, 5.74) is 2.32. The van der Waals surface area contributed by atoms with Gasteiger partial charge >= 0.3 is 6.09 Å². The van der Waals surface area contributed by atoms with E-state index in [1.54, 1.807) is 0 Å². The Labute approximate surface area is 145 Å². The van der Waals surface area contributed by atoms with E-state index in [2.05, 4.69) is 29.6 Å². The van der Waals surface area contributed by atoms with Gasteiger partial charge in [0.15, 0.2) is 0 Å². The Morgan fingerprint density at radius 1 is 1.22 bits per heavy atom. The van der Waals surface area contributed by atoms with Crippen molar-refractivity contribution in [3.8, 4) is 0 Å². The number of nitrogens with one attached hydrogen (secondary N) is 1. The number of carbonyl (C=O) groups is 1. The van der Waals surface area contributed by atoms with Gasteiger partial charge in [-0.3, -0.25) is 0 Å². The van der Waals surface area contributed by atoms with Gasteiger partial charge in [-0.05, 0) is 57.8 Å². The van der Waals surface area contributed by atoms with Crippen molar-refractivity contribution in [2.75, 3.05) is 19.6 Å². The van der Waals surface area contributed by atoms with Gasteiger partial charge in [-0.1, -0.05) is 24.3 Å². The van der Waals surface area contributed by atoms with Gasteiger partial charge in [-0.25, -0.2) is 4.79 Å². The molecule has 0 bridgehead atoms. The van der Waals surface area contributed by atoms with Crippen molar-refractivity contribution >= 4 is 18.5 Å². The molecule has 0 unspecified atom stereocenters. The second kappa shape index (κ2) is 6.70. The third kappa shape index (κ3) is 3.81. The maximum atomic E-state index is 12.5. The average molecular weight is 339 g/mol. The van der Waals surface area contributed by atoms with E-state index in [-0.39, 0.29) is 23.9 Å². The molecule has 1 N–H and O–H groups in total. The van der Waals surface area contributed by atoms with Gasteiger partial charge in [-0.15, -0.1) is 12.4 Å². The Morgan fingerprint density at radius 3 is 2.52 bits per heavy atom. The van der Waals surface area contributed by atoms with Crippen LogP contribution in [-0.4, -0.2) is 36.2 Å². The monoisotopic (exact) mass is 338 g/mol. The first kappa shape index (κ1) is 18.1. The number of fused-ring (bicyclic) bond motifs is 2. The van der Waals surface area contributed by atoms with Gasteiger partial charge in [0.25, 0.3) is 0 Å². The number of hydrogen-bond donors (Lipinski definition) is 1. The SMILES string of the molecule is CC(C)(C)OC(=O)N1Cc2ccccc2C2(CCNCC2)C1.Cl. The Morgan fingerprint density at radius 2 is 1.87 bits per heavy atom. The third-order valence-electron chi connectivity index (χ3n) is 4.66. The molecule has 2 aliphatic rings. The molecule has 0 aromatic heterocycles. The molecule has 1 aromatic carbocycles. The van der Waals surface area contributed by atoms with Crippen molar-refractivity contribution in [3.05, 3.63) is 35.4 Å². The van der Waals surface area contributed by atoms with Crippen LogP contribution in [0.1, 0.15) is 44.7 Å². The van der Waals surface area contributed by atoms with Crippen LogP contribution in [0.25, 0.3) is 0 Å². The lowest BCUT2D eigenvalue weighted by molar-refractivity contribution is 0.0138. The predicted octanol–water partition coefficient (Wildman–Crippen LogP) is 3.48. The molecule has 1 fully saturated rings. The zero-order valence-corrected chi connectivity index (χ0v) is 15.0. The third-order valence-corrected chi connectivity index (χ3v) is 4.66. The smallest absolute Gasteiger partial charge is 0.410 e. The first-order valence-corrected chi connectivity index (χ1v) is 8.17. The normalized spacial score (nSPS) is 19.7. The molecule has 1 saturated heterocycles. The summed E-state index contributed by atoms with van der Waals surface area (Å²) in [7, 11) is 0. The van der Waals surface area contributed by atoms with Crippen LogP contribution < -0.4 is 5.32 Å². The molecule has 2 aliphatic heterocycles. The molecule has 23 heavy (non-hydrogen) atoms. The fourth-order valence-electron chi connectivity index (χ4n) is 3.68. The van der Waals surface area contributed by atoms with Crippen molar-refractivity contribution in [2.24, 2.45) is 0 Å². The number of benzene rings is 1. The van der Waals surface area contributed by atoms with Crippen LogP contribution in [0, 0.1) is 0 Å². The van der Waals surface area contributed by atoms with Gasteiger partial charge in [0.1, 0.15) is 5.60 Å². The fraction of sp³-hybridized carbons (Fsp3) is 0.611. The summed E-state index contributed by atoms with van der Waals surface area (Å²) in [6.45, 7) is 9.20. The lowest BCUT2D eigenvalue weighted by atomic mass is 9.69. The molecule has 5 heteroatoms. The van der Waals surface area contributed by atoms with Crippen LogP contribution in [0.4, 0.5) is 4.79 Å². The van der Waals surface area contributed by atoms with E-state index in [1.165, 1.54) is 11.1 Å². The zero-order valence-electron chi connectivity index (χ0n) is 14.2. The minimum atomic E-state index is -0.449. The van der Waals surface area contributed by atoms with Crippen molar-refractivity contribution in [1.29, 1.82) is 0 Å². The van der Waals surface area contributed by atoms with E-state index >= 15 is 0 Å². The molecule has 4 nitrogen and oxygen atoms in total. The molecular formula is C18H27ClN2O2. The Hall–Kier alpha value is -1.26. The topological polar surface area (TPSA) is 41.6 Å². The molecule has 1 spiro atoms. The average Bonchev–Trinajstić information content (AvgIpc) is 2.46. The van der Waals surface area contributed by atoms with Crippen LogP contribution in [-0.2, 0) is 16.7 Å². The second-order valence-corrected chi connectivity index (χ2v) is 7.52. The highest BCUT2D eigenvalue weighted by Gasteiger charge is 2.42. The van der Waals surface area contributed by atoms with Gasteiger partial charge in [0.05, 0.1) is 0 Å². The molecule has 128 valence electrons. The highest BCUT2D eigenvalue weighted by molar-refractivity contribution is 5.85. The van der Waals surface area contributed by atoms with Crippen LogP contribution in [0.5, 0.6) is 0 Å². The molecule has 0 atom stereocenters. The first-order chi connectivity index (χ1) is 10.4. The number of nitrogens with zero attached hydrogens (tertiary/aromatic N) is 1. The van der Waals surface area contributed by atoms with E-state index in [0.29, 0.717) is 6.54 Å². The summed E-state index contributed by atoms with van der Waals surface area (Å²) in [6, 6.07) is 8.57. The summed E-state index contributed by atoms with van der Waals surface area (Å²) in [5, 5.41) is 3.43. The van der Waals surface area contributed by atoms with E-state index in [1.807, 2.05) is 25.7 Å². The van der Waals surface area contributed by atoms with Gasteiger partial charge < -0.3 is 15.0 Å².